The van der Waals surface area contributed by atoms with Gasteiger partial charge in [-0.05, 0) is 27.0 Å². The zero-order chi connectivity index (χ0) is 17.0. The van der Waals surface area contributed by atoms with Gasteiger partial charge >= 0.3 is 0 Å². The molecule has 1 heterocycles. The Morgan fingerprint density at radius 3 is 2.70 bits per heavy atom. The lowest BCUT2D eigenvalue weighted by molar-refractivity contribution is -0.123. The average Bonchev–Trinajstić information content (AvgIpc) is 2.94. The van der Waals surface area contributed by atoms with Gasteiger partial charge in [0, 0.05) is 24.4 Å². The Labute approximate surface area is 136 Å². The summed E-state index contributed by atoms with van der Waals surface area (Å²) in [6.45, 7) is 3.97. The van der Waals surface area contributed by atoms with E-state index in [9.17, 15) is 4.79 Å². The van der Waals surface area contributed by atoms with E-state index in [1.165, 1.54) is 0 Å². The molecule has 2 atom stereocenters. The van der Waals surface area contributed by atoms with E-state index >= 15 is 0 Å². The first-order valence-electron chi connectivity index (χ1n) is 7.57. The van der Waals surface area contributed by atoms with E-state index in [0.29, 0.717) is 0 Å². The van der Waals surface area contributed by atoms with Crippen molar-refractivity contribution in [2.45, 2.75) is 25.9 Å². The molecule has 2 unspecified atom stereocenters. The molecule has 0 aliphatic heterocycles. The fourth-order valence-corrected chi connectivity index (χ4v) is 2.60. The number of aryl methyl sites for hydroxylation is 2. The number of methoxy groups -OCH3 is 1. The molecule has 1 aromatic carbocycles. The molecule has 0 saturated heterocycles. The van der Waals surface area contributed by atoms with Crippen LogP contribution in [0, 0.1) is 6.92 Å². The summed E-state index contributed by atoms with van der Waals surface area (Å²) in [6, 6.07) is 5.33. The van der Waals surface area contributed by atoms with E-state index in [-0.39, 0.29) is 11.9 Å². The zero-order valence-corrected chi connectivity index (χ0v) is 14.3. The van der Waals surface area contributed by atoms with Crippen LogP contribution in [-0.4, -0.2) is 29.8 Å². The van der Waals surface area contributed by atoms with Crippen LogP contribution in [0.3, 0.4) is 0 Å². The van der Waals surface area contributed by atoms with Gasteiger partial charge in [0.05, 0.1) is 19.3 Å². The molecular weight excluding hydrogens is 292 g/mol. The van der Waals surface area contributed by atoms with Gasteiger partial charge in [-0.2, -0.15) is 5.10 Å². The van der Waals surface area contributed by atoms with Gasteiger partial charge < -0.3 is 15.4 Å². The zero-order valence-electron chi connectivity index (χ0n) is 14.3. The van der Waals surface area contributed by atoms with Crippen LogP contribution in [0.25, 0.3) is 0 Å². The summed E-state index contributed by atoms with van der Waals surface area (Å²) in [5.74, 6) is 0.669. The Hall–Kier alpha value is -2.34. The number of amides is 1. The summed E-state index contributed by atoms with van der Waals surface area (Å²) in [4.78, 5) is 12.6. The van der Waals surface area contributed by atoms with Crippen molar-refractivity contribution in [1.29, 1.82) is 0 Å². The number of hydrogen-bond donors (Lipinski definition) is 2. The third-order valence-electron chi connectivity index (χ3n) is 3.82. The monoisotopic (exact) mass is 316 g/mol. The van der Waals surface area contributed by atoms with Gasteiger partial charge in [-0.25, -0.2) is 0 Å². The van der Waals surface area contributed by atoms with Crippen molar-refractivity contribution in [3.05, 3.63) is 47.3 Å². The lowest BCUT2D eigenvalue weighted by atomic mass is 10.0. The molecule has 2 aromatic rings. The van der Waals surface area contributed by atoms with Gasteiger partial charge in [-0.15, -0.1) is 0 Å². The number of carbonyl (C=O) groups excluding carboxylic acids is 1. The Balaban J connectivity index is 2.17. The fourth-order valence-electron chi connectivity index (χ4n) is 2.60. The second kappa shape index (κ2) is 7.28. The van der Waals surface area contributed by atoms with Crippen LogP contribution >= 0.6 is 0 Å². The third kappa shape index (κ3) is 3.90. The lowest BCUT2D eigenvalue weighted by Gasteiger charge is -2.21. The van der Waals surface area contributed by atoms with Gasteiger partial charge in [0.25, 0.3) is 0 Å². The molecule has 6 nitrogen and oxygen atoms in total. The highest BCUT2D eigenvalue weighted by molar-refractivity contribution is 5.83. The Bertz CT molecular complexity index is 681. The predicted molar refractivity (Wildman–Crippen MR) is 89.3 cm³/mol. The first kappa shape index (κ1) is 17.0. The maximum Gasteiger partial charge on any atom is 0.242 e. The molecule has 2 N–H and O–H groups in total. The topological polar surface area (TPSA) is 68.2 Å². The van der Waals surface area contributed by atoms with Gasteiger partial charge in [-0.3, -0.25) is 9.48 Å². The number of nitrogens with zero attached hydrogens (tertiary/aromatic N) is 2. The number of aromatic nitrogens is 2. The van der Waals surface area contributed by atoms with Crippen molar-refractivity contribution >= 4 is 5.91 Å². The maximum absolute atomic E-state index is 12.6. The Morgan fingerprint density at radius 2 is 2.13 bits per heavy atom. The van der Waals surface area contributed by atoms with Crippen LogP contribution in [0.15, 0.2) is 30.6 Å². The van der Waals surface area contributed by atoms with E-state index in [4.69, 9.17) is 4.74 Å². The van der Waals surface area contributed by atoms with E-state index in [2.05, 4.69) is 15.7 Å². The fraction of sp³-hybridized carbons (Fsp3) is 0.412. The van der Waals surface area contributed by atoms with Crippen LogP contribution in [0.4, 0.5) is 0 Å². The molecule has 0 radical (unpaired) electrons. The van der Waals surface area contributed by atoms with Crippen molar-refractivity contribution in [3.8, 4) is 5.75 Å². The minimum absolute atomic E-state index is 0.100. The van der Waals surface area contributed by atoms with Crippen molar-refractivity contribution < 1.29 is 9.53 Å². The molecule has 1 amide bonds. The molecule has 0 fully saturated rings. The smallest absolute Gasteiger partial charge is 0.242 e. The number of likely N-dealkylation sites (N-methyl/N-ethyl adjacent to an activating group) is 1. The second-order valence-corrected chi connectivity index (χ2v) is 5.64. The average molecular weight is 316 g/mol. The molecule has 2 rings (SSSR count). The predicted octanol–water partition coefficient (Wildman–Crippen LogP) is 1.88. The quantitative estimate of drug-likeness (QED) is 0.854. The van der Waals surface area contributed by atoms with Crippen LogP contribution in [0.1, 0.15) is 35.7 Å². The van der Waals surface area contributed by atoms with Crippen molar-refractivity contribution in [2.75, 3.05) is 14.2 Å². The molecule has 0 aliphatic carbocycles. The van der Waals surface area contributed by atoms with Crippen LogP contribution in [-0.2, 0) is 11.8 Å². The summed E-state index contributed by atoms with van der Waals surface area (Å²) in [6.07, 6.45) is 3.53. The molecule has 0 saturated carbocycles. The molecule has 23 heavy (non-hydrogen) atoms. The van der Waals surface area contributed by atoms with Crippen LogP contribution in [0.2, 0.25) is 0 Å². The number of nitrogens with one attached hydrogen (secondary N) is 2. The molecule has 0 spiro atoms. The molecule has 0 bridgehead atoms. The van der Waals surface area contributed by atoms with Crippen molar-refractivity contribution in [1.82, 2.24) is 20.4 Å². The number of benzene rings is 1. The molecule has 0 aliphatic rings. The number of ether oxygens (including phenoxy) is 1. The van der Waals surface area contributed by atoms with E-state index in [1.807, 2.05) is 45.3 Å². The van der Waals surface area contributed by atoms with Gasteiger partial charge in [0.15, 0.2) is 0 Å². The highest BCUT2D eigenvalue weighted by Crippen LogP contribution is 2.26. The third-order valence-corrected chi connectivity index (χ3v) is 3.82. The minimum atomic E-state index is -0.443. The van der Waals surface area contributed by atoms with Crippen LogP contribution in [0.5, 0.6) is 5.75 Å². The SMILES string of the molecule is CNC(C(=O)NC(C)c1cc(C)ccc1OC)c1cnn(C)c1. The summed E-state index contributed by atoms with van der Waals surface area (Å²) in [5.41, 5.74) is 2.91. The van der Waals surface area contributed by atoms with Gasteiger partial charge in [-0.1, -0.05) is 17.7 Å². The molecular formula is C17H24N4O2. The maximum atomic E-state index is 12.6. The minimum Gasteiger partial charge on any atom is -0.496 e. The highest BCUT2D eigenvalue weighted by atomic mass is 16.5. The summed E-state index contributed by atoms with van der Waals surface area (Å²) in [7, 11) is 5.22. The Morgan fingerprint density at radius 1 is 1.39 bits per heavy atom. The van der Waals surface area contributed by atoms with E-state index < -0.39 is 6.04 Å². The van der Waals surface area contributed by atoms with Gasteiger partial charge in [0.2, 0.25) is 5.91 Å². The first-order valence-corrected chi connectivity index (χ1v) is 7.57. The van der Waals surface area contributed by atoms with Crippen molar-refractivity contribution in [3.63, 3.8) is 0 Å². The van der Waals surface area contributed by atoms with Crippen molar-refractivity contribution in [2.24, 2.45) is 7.05 Å². The van der Waals surface area contributed by atoms with E-state index in [1.54, 1.807) is 25.0 Å². The van der Waals surface area contributed by atoms with Gasteiger partial charge in [0.1, 0.15) is 11.8 Å². The number of carbonyl (C=O) groups is 1. The normalized spacial score (nSPS) is 13.4. The molecule has 124 valence electrons. The number of rotatable bonds is 6. The summed E-state index contributed by atoms with van der Waals surface area (Å²) >= 11 is 0. The second-order valence-electron chi connectivity index (χ2n) is 5.64. The van der Waals surface area contributed by atoms with E-state index in [0.717, 1.165) is 22.4 Å². The molecule has 6 heteroatoms. The summed E-state index contributed by atoms with van der Waals surface area (Å²) in [5, 5.41) is 10.2. The summed E-state index contributed by atoms with van der Waals surface area (Å²) < 4.78 is 7.08. The highest BCUT2D eigenvalue weighted by Gasteiger charge is 2.23. The molecule has 1 aromatic heterocycles. The Kier molecular flexibility index (Phi) is 5.39. The van der Waals surface area contributed by atoms with Crippen LogP contribution < -0.4 is 15.4 Å². The standard InChI is InChI=1S/C17H24N4O2/c1-11-6-7-15(23-5)14(8-11)12(2)20-17(22)16(18-3)13-9-19-21(4)10-13/h6-10,12,16,18H,1-5H3,(H,20,22). The first-order chi connectivity index (χ1) is 11.0. The lowest BCUT2D eigenvalue weighted by Crippen LogP contribution is -2.37. The largest absolute Gasteiger partial charge is 0.496 e. The number of hydrogen-bond acceptors (Lipinski definition) is 4.